The Balaban J connectivity index is 3.95. The van der Waals surface area contributed by atoms with Crippen molar-refractivity contribution in [3.63, 3.8) is 0 Å². The van der Waals surface area contributed by atoms with Gasteiger partial charge in [-0.25, -0.2) is 4.79 Å². The number of carboxylic acids is 1. The third-order valence-corrected chi connectivity index (χ3v) is 3.50. The summed E-state index contributed by atoms with van der Waals surface area (Å²) in [7, 11) is 1.98. The number of nitrogens with one attached hydrogen (secondary N) is 1. The maximum absolute atomic E-state index is 11.7. The zero-order valence-electron chi connectivity index (χ0n) is 12.1. The highest BCUT2D eigenvalue weighted by atomic mass is 32.2. The number of hydrogen-bond donors (Lipinski definition) is 2. The van der Waals surface area contributed by atoms with Crippen molar-refractivity contribution >= 4 is 23.6 Å². The molecular weight excluding hydrogens is 264 g/mol. The van der Waals surface area contributed by atoms with Crippen LogP contribution in [0.5, 0.6) is 0 Å². The van der Waals surface area contributed by atoms with Gasteiger partial charge < -0.3 is 15.3 Å². The third kappa shape index (κ3) is 9.78. The molecule has 6 heteroatoms. The van der Waals surface area contributed by atoms with Crippen LogP contribution >= 0.6 is 11.8 Å². The molecule has 1 amide bonds. The highest BCUT2D eigenvalue weighted by Gasteiger charge is 2.19. The van der Waals surface area contributed by atoms with Gasteiger partial charge in [0.05, 0.1) is 0 Å². The SMILES string of the molecule is CCCCN(C)CCC(=O)NC(CCSC)C(=O)O. The van der Waals surface area contributed by atoms with Crippen LogP contribution in [0.25, 0.3) is 0 Å². The average molecular weight is 290 g/mol. The number of aliphatic carboxylic acids is 1. The van der Waals surface area contributed by atoms with Gasteiger partial charge in [0.2, 0.25) is 5.91 Å². The Labute approximate surface area is 120 Å². The molecule has 0 aliphatic rings. The second kappa shape index (κ2) is 11.1. The van der Waals surface area contributed by atoms with Crippen molar-refractivity contribution in [3.05, 3.63) is 0 Å². The van der Waals surface area contributed by atoms with Gasteiger partial charge in [0, 0.05) is 13.0 Å². The molecule has 0 aromatic rings. The number of nitrogens with zero attached hydrogens (tertiary/aromatic N) is 1. The van der Waals surface area contributed by atoms with Gasteiger partial charge in [0.15, 0.2) is 0 Å². The standard InChI is InChI=1S/C13H26N2O3S/c1-4-5-8-15(2)9-6-12(16)14-11(13(17)18)7-10-19-3/h11H,4-10H2,1-3H3,(H,14,16)(H,17,18). The molecule has 1 atom stereocenters. The normalized spacial score (nSPS) is 12.4. The molecule has 0 bridgehead atoms. The van der Waals surface area contributed by atoms with Crippen LogP contribution in [0.15, 0.2) is 0 Å². The van der Waals surface area contributed by atoms with Gasteiger partial charge >= 0.3 is 5.97 Å². The quantitative estimate of drug-likeness (QED) is 0.602. The molecule has 0 heterocycles. The Hall–Kier alpha value is -0.750. The van der Waals surface area contributed by atoms with Crippen LogP contribution in [0.2, 0.25) is 0 Å². The molecule has 0 aromatic carbocycles. The fraction of sp³-hybridized carbons (Fsp3) is 0.846. The van der Waals surface area contributed by atoms with Crippen molar-refractivity contribution in [2.24, 2.45) is 0 Å². The van der Waals surface area contributed by atoms with E-state index in [1.165, 1.54) is 0 Å². The van der Waals surface area contributed by atoms with Crippen molar-refractivity contribution in [1.82, 2.24) is 10.2 Å². The summed E-state index contributed by atoms with van der Waals surface area (Å²) in [6.45, 7) is 3.77. The Kier molecular flexibility index (Phi) is 10.7. The topological polar surface area (TPSA) is 69.6 Å². The van der Waals surface area contributed by atoms with Crippen LogP contribution in [0.3, 0.4) is 0 Å². The Morgan fingerprint density at radius 3 is 2.58 bits per heavy atom. The molecule has 19 heavy (non-hydrogen) atoms. The van der Waals surface area contributed by atoms with Gasteiger partial charge in [0.25, 0.3) is 0 Å². The van der Waals surface area contributed by atoms with Gasteiger partial charge in [-0.2, -0.15) is 11.8 Å². The number of carbonyl (C=O) groups is 2. The fourth-order valence-electron chi connectivity index (χ4n) is 1.59. The van der Waals surface area contributed by atoms with E-state index in [9.17, 15) is 9.59 Å². The van der Waals surface area contributed by atoms with Crippen molar-refractivity contribution in [2.75, 3.05) is 32.1 Å². The van der Waals surface area contributed by atoms with E-state index < -0.39 is 12.0 Å². The molecule has 0 spiro atoms. The monoisotopic (exact) mass is 290 g/mol. The van der Waals surface area contributed by atoms with Crippen molar-refractivity contribution in [3.8, 4) is 0 Å². The summed E-state index contributed by atoms with van der Waals surface area (Å²) < 4.78 is 0. The van der Waals surface area contributed by atoms with E-state index in [0.717, 1.165) is 25.1 Å². The van der Waals surface area contributed by atoms with Crippen LogP contribution in [0, 0.1) is 0 Å². The highest BCUT2D eigenvalue weighted by molar-refractivity contribution is 7.98. The molecular formula is C13H26N2O3S. The summed E-state index contributed by atoms with van der Waals surface area (Å²) in [6, 6.07) is -0.763. The van der Waals surface area contributed by atoms with E-state index in [1.807, 2.05) is 13.3 Å². The maximum Gasteiger partial charge on any atom is 0.326 e. The van der Waals surface area contributed by atoms with E-state index in [4.69, 9.17) is 5.11 Å². The second-order valence-corrected chi connectivity index (χ2v) is 5.63. The summed E-state index contributed by atoms with van der Waals surface area (Å²) >= 11 is 1.58. The van der Waals surface area contributed by atoms with Crippen LogP contribution in [0.1, 0.15) is 32.6 Å². The first-order chi connectivity index (χ1) is 9.01. The first kappa shape index (κ1) is 18.2. The molecule has 0 rings (SSSR count). The van der Waals surface area contributed by atoms with Gasteiger partial charge in [-0.3, -0.25) is 4.79 Å². The van der Waals surface area contributed by atoms with Gasteiger partial charge in [-0.15, -0.1) is 0 Å². The zero-order chi connectivity index (χ0) is 14.7. The van der Waals surface area contributed by atoms with Gasteiger partial charge in [-0.1, -0.05) is 13.3 Å². The number of carbonyl (C=O) groups excluding carboxylic acids is 1. The molecule has 0 fully saturated rings. The number of rotatable bonds is 11. The van der Waals surface area contributed by atoms with Crippen LogP contribution in [-0.4, -0.2) is 60.1 Å². The lowest BCUT2D eigenvalue weighted by Crippen LogP contribution is -2.42. The van der Waals surface area contributed by atoms with Crippen molar-refractivity contribution in [2.45, 2.75) is 38.6 Å². The van der Waals surface area contributed by atoms with Crippen LogP contribution < -0.4 is 5.32 Å². The third-order valence-electron chi connectivity index (χ3n) is 2.86. The van der Waals surface area contributed by atoms with Gasteiger partial charge in [-0.05, 0) is 38.4 Å². The predicted molar refractivity (Wildman–Crippen MR) is 79.6 cm³/mol. The van der Waals surface area contributed by atoms with Crippen molar-refractivity contribution in [1.29, 1.82) is 0 Å². The van der Waals surface area contributed by atoms with Crippen molar-refractivity contribution < 1.29 is 14.7 Å². The molecule has 5 nitrogen and oxygen atoms in total. The minimum absolute atomic E-state index is 0.183. The molecule has 0 aliphatic carbocycles. The maximum atomic E-state index is 11.7. The predicted octanol–water partition coefficient (Wildman–Crippen LogP) is 1.43. The minimum Gasteiger partial charge on any atom is -0.480 e. The number of amides is 1. The molecule has 0 radical (unpaired) electrons. The van der Waals surface area contributed by atoms with Gasteiger partial charge in [0.1, 0.15) is 6.04 Å². The van der Waals surface area contributed by atoms with E-state index in [2.05, 4.69) is 17.1 Å². The largest absolute Gasteiger partial charge is 0.480 e. The van der Waals surface area contributed by atoms with E-state index >= 15 is 0 Å². The minimum atomic E-state index is -0.957. The number of unbranched alkanes of at least 4 members (excludes halogenated alkanes) is 1. The molecule has 0 saturated carbocycles. The molecule has 112 valence electrons. The lowest BCUT2D eigenvalue weighted by molar-refractivity contribution is -0.141. The Morgan fingerprint density at radius 1 is 1.37 bits per heavy atom. The number of thioether (sulfide) groups is 1. The van der Waals surface area contributed by atoms with Crippen LogP contribution in [0.4, 0.5) is 0 Å². The summed E-state index contributed by atoms with van der Waals surface area (Å²) in [5.41, 5.74) is 0. The summed E-state index contributed by atoms with van der Waals surface area (Å²) in [6.07, 6.45) is 4.98. The first-order valence-electron chi connectivity index (χ1n) is 6.70. The van der Waals surface area contributed by atoms with E-state index in [0.29, 0.717) is 19.4 Å². The molecule has 2 N–H and O–H groups in total. The lowest BCUT2D eigenvalue weighted by Gasteiger charge is -2.17. The Morgan fingerprint density at radius 2 is 2.05 bits per heavy atom. The smallest absolute Gasteiger partial charge is 0.326 e. The number of carboxylic acid groups (broad SMARTS) is 1. The highest BCUT2D eigenvalue weighted by Crippen LogP contribution is 2.02. The summed E-state index contributed by atoms with van der Waals surface area (Å²) in [5, 5.41) is 11.6. The average Bonchev–Trinajstić information content (AvgIpc) is 2.38. The van der Waals surface area contributed by atoms with E-state index in [-0.39, 0.29) is 5.91 Å². The lowest BCUT2D eigenvalue weighted by atomic mass is 10.2. The van der Waals surface area contributed by atoms with Crippen LogP contribution in [-0.2, 0) is 9.59 Å². The molecule has 0 saturated heterocycles. The second-order valence-electron chi connectivity index (χ2n) is 4.65. The molecule has 0 aromatic heterocycles. The number of hydrogen-bond acceptors (Lipinski definition) is 4. The zero-order valence-corrected chi connectivity index (χ0v) is 13.0. The summed E-state index contributed by atoms with van der Waals surface area (Å²) in [5.74, 6) is -0.410. The van der Waals surface area contributed by atoms with E-state index in [1.54, 1.807) is 11.8 Å². The summed E-state index contributed by atoms with van der Waals surface area (Å²) in [4.78, 5) is 24.8. The first-order valence-corrected chi connectivity index (χ1v) is 8.10. The molecule has 0 aliphatic heterocycles. The Bertz CT molecular complexity index is 275. The fourth-order valence-corrected chi connectivity index (χ4v) is 2.06. The molecule has 1 unspecified atom stereocenters.